The van der Waals surface area contributed by atoms with E-state index < -0.39 is 34.7 Å². The number of rotatable bonds is 6. The standard InChI is InChI=1S/C33H34F4N2O4/c1-31(34,33(35,36)37)26-11-12-27-24(16-26)10-13-28-32(27,17-20-2-4-21(5-3-20)25-18-38-43-19-25)14-15-39(28)29(40)22-6-8-23(9-7-22)30(41)42/h2-5,11-12,16,18-19,22-23,28H,6-10,13-15,17H2,1H3,(H,41,42)/t22-,23-,28?,31?,32?. The van der Waals surface area contributed by atoms with Crippen LogP contribution >= 0.6 is 0 Å². The zero-order valence-electron chi connectivity index (χ0n) is 23.9. The van der Waals surface area contributed by atoms with Crippen molar-refractivity contribution in [2.24, 2.45) is 11.8 Å². The van der Waals surface area contributed by atoms with Gasteiger partial charge in [-0.25, -0.2) is 4.39 Å². The summed E-state index contributed by atoms with van der Waals surface area (Å²) < 4.78 is 60.7. The van der Waals surface area contributed by atoms with Gasteiger partial charge in [0.1, 0.15) is 6.26 Å². The lowest BCUT2D eigenvalue weighted by atomic mass is 9.63. The number of carboxylic acids is 1. The predicted molar refractivity (Wildman–Crippen MR) is 150 cm³/mol. The second-order valence-electron chi connectivity index (χ2n) is 12.5. The summed E-state index contributed by atoms with van der Waals surface area (Å²) in [5, 5.41) is 13.2. The van der Waals surface area contributed by atoms with Gasteiger partial charge in [-0.05, 0) is 86.1 Å². The molecule has 2 heterocycles. The summed E-state index contributed by atoms with van der Waals surface area (Å²) in [5.74, 6) is -1.44. The summed E-state index contributed by atoms with van der Waals surface area (Å²) in [6.07, 6.45) is 2.33. The minimum absolute atomic E-state index is 0.0343. The molecule has 228 valence electrons. The molecule has 2 aromatic carbocycles. The first kappa shape index (κ1) is 29.4. The summed E-state index contributed by atoms with van der Waals surface area (Å²) in [5.41, 5.74) is -0.0807. The van der Waals surface area contributed by atoms with Crippen LogP contribution in [0.2, 0.25) is 0 Å². The fourth-order valence-corrected chi connectivity index (χ4v) is 7.63. The quantitative estimate of drug-likeness (QED) is 0.309. The number of amides is 1. The molecule has 3 unspecified atom stereocenters. The van der Waals surface area contributed by atoms with Gasteiger partial charge in [0.15, 0.2) is 0 Å². The van der Waals surface area contributed by atoms with E-state index in [1.807, 2.05) is 29.2 Å². The average Bonchev–Trinajstić information content (AvgIpc) is 3.65. The number of halogens is 4. The van der Waals surface area contributed by atoms with Gasteiger partial charge in [0, 0.05) is 29.5 Å². The molecule has 6 nitrogen and oxygen atoms in total. The van der Waals surface area contributed by atoms with E-state index in [9.17, 15) is 32.3 Å². The van der Waals surface area contributed by atoms with Gasteiger partial charge in [-0.2, -0.15) is 13.2 Å². The van der Waals surface area contributed by atoms with Crippen LogP contribution in [0.5, 0.6) is 0 Å². The number of aromatic nitrogens is 1. The first-order valence-electron chi connectivity index (χ1n) is 14.8. The zero-order valence-corrected chi connectivity index (χ0v) is 23.9. The highest BCUT2D eigenvalue weighted by Crippen LogP contribution is 2.51. The van der Waals surface area contributed by atoms with Crippen LogP contribution in [0, 0.1) is 11.8 Å². The molecule has 1 N–H and O–H groups in total. The van der Waals surface area contributed by atoms with Gasteiger partial charge in [-0.3, -0.25) is 9.59 Å². The van der Waals surface area contributed by atoms with Crippen molar-refractivity contribution in [2.45, 2.75) is 81.6 Å². The number of hydrogen-bond acceptors (Lipinski definition) is 4. The van der Waals surface area contributed by atoms with Gasteiger partial charge in [-0.1, -0.05) is 47.6 Å². The summed E-state index contributed by atoms with van der Waals surface area (Å²) in [6.45, 7) is 1.06. The molecular formula is C33H34F4N2O4. The molecule has 2 fully saturated rings. The van der Waals surface area contributed by atoms with Gasteiger partial charge in [-0.15, -0.1) is 0 Å². The molecule has 6 rings (SSSR count). The van der Waals surface area contributed by atoms with Crippen LogP contribution in [-0.2, 0) is 33.5 Å². The summed E-state index contributed by atoms with van der Waals surface area (Å²) >= 11 is 0. The molecular weight excluding hydrogens is 564 g/mol. The predicted octanol–water partition coefficient (Wildman–Crippen LogP) is 7.01. The fourth-order valence-electron chi connectivity index (χ4n) is 7.63. The molecule has 2 aliphatic carbocycles. The van der Waals surface area contributed by atoms with Crippen LogP contribution in [0.1, 0.15) is 67.7 Å². The maximum Gasteiger partial charge on any atom is 0.426 e. The third kappa shape index (κ3) is 5.12. The Morgan fingerprint density at radius 2 is 1.70 bits per heavy atom. The third-order valence-corrected chi connectivity index (χ3v) is 10.2. The largest absolute Gasteiger partial charge is 0.481 e. The van der Waals surface area contributed by atoms with E-state index in [4.69, 9.17) is 4.52 Å². The van der Waals surface area contributed by atoms with Gasteiger partial charge >= 0.3 is 12.1 Å². The monoisotopic (exact) mass is 598 g/mol. The number of fused-ring (bicyclic) bond motifs is 3. The summed E-state index contributed by atoms with van der Waals surface area (Å²) in [6, 6.07) is 12.1. The van der Waals surface area contributed by atoms with Crippen LogP contribution in [-0.4, -0.2) is 45.8 Å². The Kier molecular flexibility index (Phi) is 7.37. The Morgan fingerprint density at radius 3 is 2.33 bits per heavy atom. The lowest BCUT2D eigenvalue weighted by molar-refractivity contribution is -0.228. The third-order valence-electron chi connectivity index (χ3n) is 10.2. The van der Waals surface area contributed by atoms with E-state index in [-0.39, 0.29) is 17.9 Å². The van der Waals surface area contributed by atoms with Crippen LogP contribution in [0.4, 0.5) is 17.6 Å². The number of nitrogens with zero attached hydrogens (tertiary/aromatic N) is 2. The highest BCUT2D eigenvalue weighted by molar-refractivity contribution is 5.81. The number of likely N-dealkylation sites (tertiary alicyclic amines) is 1. The molecule has 0 radical (unpaired) electrons. The molecule has 1 amide bonds. The number of aryl methyl sites for hydroxylation is 1. The van der Waals surface area contributed by atoms with E-state index >= 15 is 0 Å². The van der Waals surface area contributed by atoms with Crippen molar-refractivity contribution in [2.75, 3.05) is 6.54 Å². The molecule has 43 heavy (non-hydrogen) atoms. The number of aliphatic carboxylic acids is 1. The van der Waals surface area contributed by atoms with E-state index in [1.165, 1.54) is 12.1 Å². The highest BCUT2D eigenvalue weighted by Gasteiger charge is 2.56. The SMILES string of the molecule is CC(F)(c1ccc2c(c1)CCC1N(C(=O)[C@H]3CC[C@H](C(=O)O)CC3)CCC21Cc1ccc(-c2cnoc2)cc1)C(F)(F)F. The topological polar surface area (TPSA) is 83.6 Å². The molecule has 3 atom stereocenters. The van der Waals surface area contributed by atoms with Crippen molar-refractivity contribution in [3.8, 4) is 11.1 Å². The second-order valence-corrected chi connectivity index (χ2v) is 12.5. The van der Waals surface area contributed by atoms with Crippen molar-refractivity contribution in [1.82, 2.24) is 10.1 Å². The van der Waals surface area contributed by atoms with Gasteiger partial charge in [0.05, 0.1) is 12.1 Å². The maximum absolute atomic E-state index is 15.0. The smallest absolute Gasteiger partial charge is 0.426 e. The Bertz CT molecular complexity index is 1490. The van der Waals surface area contributed by atoms with Crippen molar-refractivity contribution >= 4 is 11.9 Å². The Morgan fingerprint density at radius 1 is 1.00 bits per heavy atom. The first-order valence-corrected chi connectivity index (χ1v) is 14.8. The van der Waals surface area contributed by atoms with Gasteiger partial charge in [0.2, 0.25) is 11.6 Å². The number of benzene rings is 2. The normalized spacial score (nSPS) is 26.8. The molecule has 0 bridgehead atoms. The van der Waals surface area contributed by atoms with Crippen molar-refractivity contribution in [1.29, 1.82) is 0 Å². The van der Waals surface area contributed by atoms with E-state index in [0.717, 1.165) is 22.3 Å². The summed E-state index contributed by atoms with van der Waals surface area (Å²) in [4.78, 5) is 27.3. The zero-order chi connectivity index (χ0) is 30.6. The van der Waals surface area contributed by atoms with Crippen LogP contribution in [0.3, 0.4) is 0 Å². The molecule has 0 spiro atoms. The van der Waals surface area contributed by atoms with Crippen molar-refractivity contribution < 1.29 is 36.8 Å². The van der Waals surface area contributed by atoms with Crippen LogP contribution < -0.4 is 0 Å². The number of carboxylic acid groups (broad SMARTS) is 1. The minimum atomic E-state index is -5.04. The highest BCUT2D eigenvalue weighted by atomic mass is 19.4. The molecule has 10 heteroatoms. The van der Waals surface area contributed by atoms with E-state index in [0.29, 0.717) is 70.4 Å². The lowest BCUT2D eigenvalue weighted by Crippen LogP contribution is -2.51. The number of carbonyl (C=O) groups excluding carboxylic acids is 1. The van der Waals surface area contributed by atoms with Crippen LogP contribution in [0.25, 0.3) is 11.1 Å². The second kappa shape index (κ2) is 10.8. The minimum Gasteiger partial charge on any atom is -0.481 e. The first-order chi connectivity index (χ1) is 20.4. The summed E-state index contributed by atoms with van der Waals surface area (Å²) in [7, 11) is 0. The van der Waals surface area contributed by atoms with Gasteiger partial charge in [0.25, 0.3) is 0 Å². The Balaban J connectivity index is 1.34. The molecule has 3 aromatic rings. The number of carbonyl (C=O) groups is 2. The molecule has 3 aliphatic rings. The number of hydrogen-bond donors (Lipinski definition) is 1. The molecule has 1 saturated heterocycles. The Hall–Kier alpha value is -3.69. The fraction of sp³-hybridized carbons (Fsp3) is 0.485. The van der Waals surface area contributed by atoms with Crippen molar-refractivity contribution in [3.05, 3.63) is 77.2 Å². The average molecular weight is 599 g/mol. The lowest BCUT2D eigenvalue weighted by Gasteiger charge is -2.45. The van der Waals surface area contributed by atoms with Crippen LogP contribution in [0.15, 0.2) is 59.4 Å². The van der Waals surface area contributed by atoms with E-state index in [2.05, 4.69) is 5.16 Å². The molecule has 1 saturated carbocycles. The number of alkyl halides is 4. The Labute approximate surface area is 247 Å². The van der Waals surface area contributed by atoms with E-state index in [1.54, 1.807) is 18.5 Å². The maximum atomic E-state index is 15.0. The van der Waals surface area contributed by atoms with Crippen molar-refractivity contribution in [3.63, 3.8) is 0 Å². The molecule has 1 aromatic heterocycles. The van der Waals surface area contributed by atoms with Gasteiger partial charge < -0.3 is 14.5 Å². The molecule has 1 aliphatic heterocycles.